The van der Waals surface area contributed by atoms with Crippen molar-refractivity contribution in [1.29, 1.82) is 0 Å². The first-order chi connectivity index (χ1) is 11.5. The zero-order valence-electron chi connectivity index (χ0n) is 13.7. The SMILES string of the molecule is CCC(C)(NC(=O)c1nccc2ccccc12)c1ccccc1Cl. The van der Waals surface area contributed by atoms with Crippen molar-refractivity contribution in [2.75, 3.05) is 0 Å². The van der Waals surface area contributed by atoms with Gasteiger partial charge in [0.25, 0.3) is 5.91 Å². The average molecular weight is 339 g/mol. The Labute approximate surface area is 146 Å². The first-order valence-electron chi connectivity index (χ1n) is 7.96. The Morgan fingerprint density at radius 2 is 1.83 bits per heavy atom. The molecule has 24 heavy (non-hydrogen) atoms. The average Bonchev–Trinajstić information content (AvgIpc) is 2.61. The Kier molecular flexibility index (Phi) is 4.54. The van der Waals surface area contributed by atoms with Gasteiger partial charge in [-0.05, 0) is 36.4 Å². The summed E-state index contributed by atoms with van der Waals surface area (Å²) < 4.78 is 0. The Bertz CT molecular complexity index is 888. The number of nitrogens with zero attached hydrogens (tertiary/aromatic N) is 1. The molecule has 1 atom stereocenters. The summed E-state index contributed by atoms with van der Waals surface area (Å²) in [7, 11) is 0. The van der Waals surface area contributed by atoms with Crippen LogP contribution in [-0.4, -0.2) is 10.9 Å². The van der Waals surface area contributed by atoms with Gasteiger partial charge in [-0.15, -0.1) is 0 Å². The third kappa shape index (κ3) is 3.00. The molecule has 0 radical (unpaired) electrons. The maximum atomic E-state index is 12.9. The van der Waals surface area contributed by atoms with Crippen LogP contribution >= 0.6 is 11.6 Å². The van der Waals surface area contributed by atoms with Crippen molar-refractivity contribution in [1.82, 2.24) is 10.3 Å². The summed E-state index contributed by atoms with van der Waals surface area (Å²) in [5.41, 5.74) is 0.774. The number of nitrogens with one attached hydrogen (secondary N) is 1. The maximum absolute atomic E-state index is 12.9. The number of carbonyl (C=O) groups excluding carboxylic acids is 1. The number of halogens is 1. The van der Waals surface area contributed by atoms with Crippen LogP contribution in [0.1, 0.15) is 36.3 Å². The minimum Gasteiger partial charge on any atom is -0.341 e. The highest BCUT2D eigenvalue weighted by molar-refractivity contribution is 6.31. The summed E-state index contributed by atoms with van der Waals surface area (Å²) in [6, 6.07) is 17.2. The molecule has 3 nitrogen and oxygen atoms in total. The summed E-state index contributed by atoms with van der Waals surface area (Å²) in [6.07, 6.45) is 2.38. The molecule has 2 aromatic carbocycles. The Morgan fingerprint density at radius 3 is 2.58 bits per heavy atom. The molecule has 1 aromatic heterocycles. The molecule has 0 aliphatic carbocycles. The number of amides is 1. The highest BCUT2D eigenvalue weighted by atomic mass is 35.5. The fourth-order valence-electron chi connectivity index (χ4n) is 2.87. The predicted octanol–water partition coefficient (Wildman–Crippen LogP) is 4.94. The van der Waals surface area contributed by atoms with Crippen LogP contribution in [0, 0.1) is 0 Å². The van der Waals surface area contributed by atoms with Crippen molar-refractivity contribution in [3.05, 3.63) is 77.1 Å². The first kappa shape index (κ1) is 16.5. The molecule has 0 fully saturated rings. The van der Waals surface area contributed by atoms with Gasteiger partial charge in [-0.3, -0.25) is 9.78 Å². The molecule has 3 rings (SSSR count). The molecule has 0 aliphatic rings. The maximum Gasteiger partial charge on any atom is 0.271 e. The topological polar surface area (TPSA) is 42.0 Å². The van der Waals surface area contributed by atoms with E-state index in [2.05, 4.69) is 10.3 Å². The molecule has 4 heteroatoms. The molecule has 1 N–H and O–H groups in total. The Hall–Kier alpha value is -2.39. The number of hydrogen-bond donors (Lipinski definition) is 1. The molecule has 1 heterocycles. The van der Waals surface area contributed by atoms with Crippen LogP contribution in [0.15, 0.2) is 60.8 Å². The van der Waals surface area contributed by atoms with Gasteiger partial charge in [-0.2, -0.15) is 0 Å². The van der Waals surface area contributed by atoms with Crippen molar-refractivity contribution in [3.63, 3.8) is 0 Å². The molecule has 3 aromatic rings. The number of aromatic nitrogens is 1. The van der Waals surface area contributed by atoms with Crippen LogP contribution in [0.25, 0.3) is 10.8 Å². The van der Waals surface area contributed by atoms with Gasteiger partial charge in [-0.25, -0.2) is 0 Å². The second-order valence-electron chi connectivity index (χ2n) is 6.00. The molecular formula is C20H19ClN2O. The van der Waals surface area contributed by atoms with Gasteiger partial charge in [0.05, 0.1) is 5.54 Å². The van der Waals surface area contributed by atoms with Gasteiger partial charge >= 0.3 is 0 Å². The van der Waals surface area contributed by atoms with Gasteiger partial charge in [0.15, 0.2) is 0 Å². The molecule has 0 aliphatic heterocycles. The molecule has 1 amide bonds. The minimum atomic E-state index is -0.561. The van der Waals surface area contributed by atoms with E-state index in [-0.39, 0.29) is 5.91 Å². The predicted molar refractivity (Wildman–Crippen MR) is 98.3 cm³/mol. The smallest absolute Gasteiger partial charge is 0.271 e. The summed E-state index contributed by atoms with van der Waals surface area (Å²) in [6.45, 7) is 4.01. The van der Waals surface area contributed by atoms with E-state index in [1.165, 1.54) is 0 Å². The Morgan fingerprint density at radius 1 is 1.12 bits per heavy atom. The largest absolute Gasteiger partial charge is 0.341 e. The van der Waals surface area contributed by atoms with Crippen molar-refractivity contribution in [3.8, 4) is 0 Å². The van der Waals surface area contributed by atoms with E-state index in [1.807, 2.05) is 68.4 Å². The molecule has 0 saturated heterocycles. The number of rotatable bonds is 4. The van der Waals surface area contributed by atoms with Crippen LogP contribution in [0.2, 0.25) is 5.02 Å². The van der Waals surface area contributed by atoms with E-state index >= 15 is 0 Å². The van der Waals surface area contributed by atoms with E-state index < -0.39 is 5.54 Å². The van der Waals surface area contributed by atoms with Crippen LogP contribution in [0.4, 0.5) is 0 Å². The summed E-state index contributed by atoms with van der Waals surface area (Å²) in [5, 5.41) is 5.61. The highest BCUT2D eigenvalue weighted by Crippen LogP contribution is 2.31. The van der Waals surface area contributed by atoms with Gasteiger partial charge in [0.1, 0.15) is 5.69 Å². The number of carbonyl (C=O) groups is 1. The lowest BCUT2D eigenvalue weighted by Crippen LogP contribution is -2.43. The van der Waals surface area contributed by atoms with Gasteiger partial charge < -0.3 is 5.32 Å². The second kappa shape index (κ2) is 6.62. The number of hydrogen-bond acceptors (Lipinski definition) is 2. The second-order valence-corrected chi connectivity index (χ2v) is 6.41. The van der Waals surface area contributed by atoms with E-state index in [4.69, 9.17) is 11.6 Å². The molecule has 0 saturated carbocycles. The molecule has 1 unspecified atom stereocenters. The minimum absolute atomic E-state index is 0.198. The van der Waals surface area contributed by atoms with Gasteiger partial charge in [0.2, 0.25) is 0 Å². The van der Waals surface area contributed by atoms with Gasteiger partial charge in [0, 0.05) is 16.6 Å². The van der Waals surface area contributed by atoms with Gasteiger partial charge in [-0.1, -0.05) is 61.0 Å². The van der Waals surface area contributed by atoms with E-state index in [0.717, 1.165) is 16.3 Å². The highest BCUT2D eigenvalue weighted by Gasteiger charge is 2.29. The molecule has 122 valence electrons. The monoisotopic (exact) mass is 338 g/mol. The first-order valence-corrected chi connectivity index (χ1v) is 8.34. The summed E-state index contributed by atoms with van der Waals surface area (Å²) in [5.74, 6) is -0.198. The number of pyridine rings is 1. The van der Waals surface area contributed by atoms with Crippen LogP contribution in [0.3, 0.4) is 0 Å². The standard InChI is InChI=1S/C20H19ClN2O/c1-3-20(2,16-10-6-7-11-17(16)21)23-19(24)18-15-9-5-4-8-14(15)12-13-22-18/h4-13H,3H2,1-2H3,(H,23,24). The summed E-state index contributed by atoms with van der Waals surface area (Å²) >= 11 is 6.34. The lowest BCUT2D eigenvalue weighted by molar-refractivity contribution is 0.0899. The third-order valence-electron chi connectivity index (χ3n) is 4.45. The van der Waals surface area contributed by atoms with Crippen LogP contribution in [-0.2, 0) is 5.54 Å². The van der Waals surface area contributed by atoms with Crippen molar-refractivity contribution >= 4 is 28.3 Å². The van der Waals surface area contributed by atoms with Crippen molar-refractivity contribution < 1.29 is 4.79 Å². The summed E-state index contributed by atoms with van der Waals surface area (Å²) in [4.78, 5) is 17.2. The Balaban J connectivity index is 1.99. The normalized spacial score (nSPS) is 13.5. The van der Waals surface area contributed by atoms with E-state index in [1.54, 1.807) is 6.20 Å². The van der Waals surface area contributed by atoms with Crippen molar-refractivity contribution in [2.45, 2.75) is 25.8 Å². The lowest BCUT2D eigenvalue weighted by Gasteiger charge is -2.31. The molecular weight excluding hydrogens is 320 g/mol. The third-order valence-corrected chi connectivity index (χ3v) is 4.78. The van der Waals surface area contributed by atoms with Crippen molar-refractivity contribution in [2.24, 2.45) is 0 Å². The molecule has 0 spiro atoms. The fourth-order valence-corrected chi connectivity index (χ4v) is 3.21. The lowest BCUT2D eigenvalue weighted by atomic mass is 9.89. The van der Waals surface area contributed by atoms with Crippen LogP contribution < -0.4 is 5.32 Å². The number of fused-ring (bicyclic) bond motifs is 1. The quantitative estimate of drug-likeness (QED) is 0.731. The zero-order valence-corrected chi connectivity index (χ0v) is 14.5. The van der Waals surface area contributed by atoms with E-state index in [9.17, 15) is 4.79 Å². The molecule has 0 bridgehead atoms. The van der Waals surface area contributed by atoms with Crippen LogP contribution in [0.5, 0.6) is 0 Å². The fraction of sp³-hybridized carbons (Fsp3) is 0.200. The number of benzene rings is 2. The zero-order chi connectivity index (χ0) is 17.2. The van der Waals surface area contributed by atoms with E-state index in [0.29, 0.717) is 17.1 Å².